The summed E-state index contributed by atoms with van der Waals surface area (Å²) in [7, 11) is 0. The van der Waals surface area contributed by atoms with Crippen molar-refractivity contribution < 1.29 is 4.79 Å². The van der Waals surface area contributed by atoms with Crippen molar-refractivity contribution in [3.8, 4) is 5.69 Å². The highest BCUT2D eigenvalue weighted by Gasteiger charge is 2.28. The third kappa shape index (κ3) is 4.65. The summed E-state index contributed by atoms with van der Waals surface area (Å²) in [5.74, 6) is -0.0183. The summed E-state index contributed by atoms with van der Waals surface area (Å²) in [6, 6.07) is 8.42. The van der Waals surface area contributed by atoms with E-state index in [2.05, 4.69) is 50.5 Å². The van der Waals surface area contributed by atoms with E-state index in [0.29, 0.717) is 5.56 Å². The minimum Gasteiger partial charge on any atom is -0.349 e. The number of aryl methyl sites for hydroxylation is 1. The lowest BCUT2D eigenvalue weighted by atomic mass is 9.89. The molecule has 1 fully saturated rings. The van der Waals surface area contributed by atoms with Gasteiger partial charge in [-0.3, -0.25) is 4.79 Å². The molecule has 0 radical (unpaired) electrons. The zero-order chi connectivity index (χ0) is 18.0. The number of rotatable bonds is 3. The van der Waals surface area contributed by atoms with Crippen molar-refractivity contribution in [3.05, 3.63) is 47.3 Å². The molecule has 1 aromatic carbocycles. The Kier molecular flexibility index (Phi) is 6.48. The van der Waals surface area contributed by atoms with Crippen LogP contribution in [0.1, 0.15) is 55.2 Å². The Hall–Kier alpha value is -1.85. The second-order valence-corrected chi connectivity index (χ2v) is 7.92. The molecule has 0 saturated carbocycles. The van der Waals surface area contributed by atoms with Crippen molar-refractivity contribution in [2.75, 3.05) is 13.1 Å². The van der Waals surface area contributed by atoms with Crippen LogP contribution in [0.5, 0.6) is 0 Å². The Labute approximate surface area is 162 Å². The Morgan fingerprint density at radius 2 is 1.81 bits per heavy atom. The van der Waals surface area contributed by atoms with E-state index in [1.165, 1.54) is 5.56 Å². The average molecular weight is 377 g/mol. The fourth-order valence-electron chi connectivity index (χ4n) is 3.15. The molecule has 0 aliphatic carbocycles. The number of hydrogen-bond acceptors (Lipinski definition) is 3. The minimum atomic E-state index is -0.198. The zero-order valence-corrected chi connectivity index (χ0v) is 16.8. The number of benzene rings is 1. The Bertz CT molecular complexity index is 740. The molecule has 2 heterocycles. The summed E-state index contributed by atoms with van der Waals surface area (Å²) < 4.78 is 1.82. The van der Waals surface area contributed by atoms with Gasteiger partial charge < -0.3 is 10.6 Å². The maximum atomic E-state index is 12.9. The number of amides is 1. The Balaban J connectivity index is 0.00000243. The van der Waals surface area contributed by atoms with E-state index in [1.54, 1.807) is 0 Å². The van der Waals surface area contributed by atoms with Gasteiger partial charge in [0.1, 0.15) is 0 Å². The van der Waals surface area contributed by atoms with Crippen LogP contribution in [-0.4, -0.2) is 34.8 Å². The molecule has 3 rings (SSSR count). The normalized spacial score (nSPS) is 15.4. The predicted molar refractivity (Wildman–Crippen MR) is 108 cm³/mol. The summed E-state index contributed by atoms with van der Waals surface area (Å²) in [5.41, 5.74) is 3.48. The number of carbonyl (C=O) groups excluding carboxylic acids is 1. The molecule has 1 amide bonds. The molecule has 2 N–H and O–H groups in total. The molecule has 142 valence electrons. The first-order valence-corrected chi connectivity index (χ1v) is 9.03. The van der Waals surface area contributed by atoms with Gasteiger partial charge in [-0.25, -0.2) is 4.68 Å². The maximum absolute atomic E-state index is 12.9. The number of aromatic nitrogens is 2. The van der Waals surface area contributed by atoms with Gasteiger partial charge >= 0.3 is 0 Å². The number of nitrogens with one attached hydrogen (secondary N) is 2. The molecular weight excluding hydrogens is 348 g/mol. The largest absolute Gasteiger partial charge is 0.349 e. The lowest BCUT2D eigenvalue weighted by Crippen LogP contribution is -2.43. The molecule has 0 unspecified atom stereocenters. The summed E-state index contributed by atoms with van der Waals surface area (Å²) in [6.07, 6.45) is 3.81. The molecule has 1 aliphatic rings. The lowest BCUT2D eigenvalue weighted by molar-refractivity contribution is 0.0927. The zero-order valence-electron chi connectivity index (χ0n) is 16.0. The third-order valence-corrected chi connectivity index (χ3v) is 4.64. The van der Waals surface area contributed by atoms with Gasteiger partial charge in [-0.2, -0.15) is 5.10 Å². The number of carbonyl (C=O) groups is 1. The maximum Gasteiger partial charge on any atom is 0.255 e. The van der Waals surface area contributed by atoms with Gasteiger partial charge in [-0.05, 0) is 45.0 Å². The number of halogens is 1. The molecule has 1 saturated heterocycles. The van der Waals surface area contributed by atoms with Gasteiger partial charge in [0.15, 0.2) is 0 Å². The first kappa shape index (κ1) is 20.5. The monoisotopic (exact) mass is 376 g/mol. The first-order chi connectivity index (χ1) is 11.8. The fourth-order valence-corrected chi connectivity index (χ4v) is 3.15. The smallest absolute Gasteiger partial charge is 0.255 e. The molecule has 5 nitrogen and oxygen atoms in total. The molecular formula is C20H29ClN4O. The van der Waals surface area contributed by atoms with Gasteiger partial charge in [-0.1, -0.05) is 38.5 Å². The van der Waals surface area contributed by atoms with Crippen LogP contribution in [0.25, 0.3) is 5.69 Å². The second-order valence-electron chi connectivity index (χ2n) is 7.92. The minimum absolute atomic E-state index is 0. The van der Waals surface area contributed by atoms with Crippen LogP contribution < -0.4 is 10.6 Å². The summed E-state index contributed by atoms with van der Waals surface area (Å²) in [5, 5.41) is 11.3. The standard InChI is InChI=1S/C20H28N4O.ClH/c1-14-5-7-16(8-6-14)24-13-17(18(23-24)20(2,3)4)19(25)22-15-9-11-21-12-10-15;/h5-8,13,15,21H,9-12H2,1-4H3,(H,22,25);1H. The molecule has 1 aromatic heterocycles. The molecule has 0 spiro atoms. The van der Waals surface area contributed by atoms with Crippen molar-refractivity contribution in [3.63, 3.8) is 0 Å². The van der Waals surface area contributed by atoms with Crippen molar-refractivity contribution in [2.24, 2.45) is 0 Å². The van der Waals surface area contributed by atoms with Gasteiger partial charge in [0.05, 0.1) is 16.9 Å². The SMILES string of the molecule is Cc1ccc(-n2cc(C(=O)NC3CCNCC3)c(C(C)(C)C)n2)cc1.Cl. The van der Waals surface area contributed by atoms with E-state index in [0.717, 1.165) is 37.3 Å². The van der Waals surface area contributed by atoms with Crippen LogP contribution in [0.2, 0.25) is 0 Å². The van der Waals surface area contributed by atoms with Crippen LogP contribution in [-0.2, 0) is 5.41 Å². The highest BCUT2D eigenvalue weighted by atomic mass is 35.5. The quantitative estimate of drug-likeness (QED) is 0.863. The van der Waals surface area contributed by atoms with Crippen LogP contribution in [0.15, 0.2) is 30.5 Å². The number of nitrogens with zero attached hydrogens (tertiary/aromatic N) is 2. The summed E-state index contributed by atoms with van der Waals surface area (Å²) in [6.45, 7) is 10.3. The molecule has 0 atom stereocenters. The van der Waals surface area contributed by atoms with Gasteiger partial charge in [-0.15, -0.1) is 12.4 Å². The van der Waals surface area contributed by atoms with Gasteiger partial charge in [0.25, 0.3) is 5.91 Å². The van der Waals surface area contributed by atoms with Crippen LogP contribution >= 0.6 is 12.4 Å². The van der Waals surface area contributed by atoms with Crippen LogP contribution in [0, 0.1) is 6.92 Å². The first-order valence-electron chi connectivity index (χ1n) is 9.03. The predicted octanol–water partition coefficient (Wildman–Crippen LogP) is 3.38. The highest BCUT2D eigenvalue weighted by Crippen LogP contribution is 2.26. The van der Waals surface area contributed by atoms with Crippen molar-refractivity contribution in [1.82, 2.24) is 20.4 Å². The van der Waals surface area contributed by atoms with Gasteiger partial charge in [0.2, 0.25) is 0 Å². The van der Waals surface area contributed by atoms with E-state index in [-0.39, 0.29) is 29.8 Å². The molecule has 26 heavy (non-hydrogen) atoms. The van der Waals surface area contributed by atoms with E-state index in [9.17, 15) is 4.79 Å². The third-order valence-electron chi connectivity index (χ3n) is 4.64. The summed E-state index contributed by atoms with van der Waals surface area (Å²) >= 11 is 0. The topological polar surface area (TPSA) is 59.0 Å². The highest BCUT2D eigenvalue weighted by molar-refractivity contribution is 5.95. The van der Waals surface area contributed by atoms with E-state index in [4.69, 9.17) is 5.10 Å². The van der Waals surface area contributed by atoms with Crippen molar-refractivity contribution >= 4 is 18.3 Å². The second kappa shape index (κ2) is 8.23. The Morgan fingerprint density at radius 1 is 1.19 bits per heavy atom. The molecule has 6 heteroatoms. The number of hydrogen-bond donors (Lipinski definition) is 2. The van der Waals surface area contributed by atoms with Crippen molar-refractivity contribution in [1.29, 1.82) is 0 Å². The molecule has 0 bridgehead atoms. The van der Waals surface area contributed by atoms with E-state index >= 15 is 0 Å². The van der Waals surface area contributed by atoms with Gasteiger partial charge in [0, 0.05) is 17.7 Å². The molecule has 2 aromatic rings. The Morgan fingerprint density at radius 3 is 2.38 bits per heavy atom. The molecule has 1 aliphatic heterocycles. The van der Waals surface area contributed by atoms with Crippen molar-refractivity contribution in [2.45, 2.75) is 52.0 Å². The average Bonchev–Trinajstić information content (AvgIpc) is 3.02. The number of piperidine rings is 1. The van der Waals surface area contributed by atoms with Crippen LogP contribution in [0.4, 0.5) is 0 Å². The van der Waals surface area contributed by atoms with Crippen LogP contribution in [0.3, 0.4) is 0 Å². The van der Waals surface area contributed by atoms with E-state index in [1.807, 2.05) is 23.0 Å². The lowest BCUT2D eigenvalue weighted by Gasteiger charge is -2.24. The van der Waals surface area contributed by atoms with E-state index < -0.39 is 0 Å². The fraction of sp³-hybridized carbons (Fsp3) is 0.500. The summed E-state index contributed by atoms with van der Waals surface area (Å²) in [4.78, 5) is 12.9.